The molecule has 0 saturated heterocycles. The average Bonchev–Trinajstić information content (AvgIpc) is 2.59. The highest BCUT2D eigenvalue weighted by molar-refractivity contribution is 5.78. The van der Waals surface area contributed by atoms with E-state index >= 15 is 0 Å². The van der Waals surface area contributed by atoms with E-state index in [4.69, 9.17) is 14.3 Å². The third kappa shape index (κ3) is 3.68. The van der Waals surface area contributed by atoms with Crippen LogP contribution in [0.25, 0.3) is 0 Å². The smallest absolute Gasteiger partial charge is 0.313 e. The quantitative estimate of drug-likeness (QED) is 0.762. The molecule has 2 aromatic rings. The Kier molecular flexibility index (Phi) is 2.45. The molecule has 0 spiro atoms. The number of carbonyl (C=O) groups is 1. The third-order valence-corrected chi connectivity index (χ3v) is 2.65. The Labute approximate surface area is 123 Å². The lowest BCUT2D eigenvalue weighted by Crippen LogP contribution is -2.15. The molecule has 0 saturated carbocycles. The lowest BCUT2D eigenvalue weighted by atomic mass is 9.97. The van der Waals surface area contributed by atoms with Crippen LogP contribution in [0.15, 0.2) is 60.5 Å². The number of carbonyl (C=O) groups excluding carboxylic acids is 1. The van der Waals surface area contributed by atoms with Crippen LogP contribution in [0.2, 0.25) is 0 Å². The summed E-state index contributed by atoms with van der Waals surface area (Å²) in [5, 5.41) is 0. The highest BCUT2D eigenvalue weighted by Gasteiger charge is 2.19. The minimum atomic E-state index is -2.87. The molecule has 0 radical (unpaired) electrons. The number of ether oxygens (including phenoxy) is 1. The highest BCUT2D eigenvalue weighted by atomic mass is 16.5. The highest BCUT2D eigenvalue weighted by Crippen LogP contribution is 2.21. The van der Waals surface area contributed by atoms with Crippen molar-refractivity contribution >= 4 is 5.97 Å². The Morgan fingerprint density at radius 3 is 2.58 bits per heavy atom. The molecule has 0 aliphatic heterocycles. The van der Waals surface area contributed by atoms with Gasteiger partial charge in [-0.1, -0.05) is 67.5 Å². The first-order chi connectivity index (χ1) is 12.1. The lowest BCUT2D eigenvalue weighted by Gasteiger charge is -2.14. The van der Waals surface area contributed by atoms with Gasteiger partial charge in [-0.25, -0.2) is 0 Å². The van der Waals surface area contributed by atoms with E-state index in [9.17, 15) is 4.79 Å². The fraction of sp³-hybridized carbons (Fsp3) is 0.235. The van der Waals surface area contributed by atoms with E-state index in [1.54, 1.807) is 37.3 Å². The average molecular weight is 261 g/mol. The van der Waals surface area contributed by atoms with Gasteiger partial charge in [-0.15, -0.1) is 0 Å². The zero-order valence-corrected chi connectivity index (χ0v) is 10.5. The largest absolute Gasteiger partial charge is 0.460 e. The van der Waals surface area contributed by atoms with Gasteiger partial charge in [0.1, 0.15) is 6.56 Å². The van der Waals surface area contributed by atoms with Crippen molar-refractivity contribution < 1.29 is 19.1 Å². The Morgan fingerprint density at radius 1 is 1.26 bits per heavy atom. The topological polar surface area (TPSA) is 26.3 Å². The van der Waals surface area contributed by atoms with Crippen molar-refractivity contribution in [1.82, 2.24) is 0 Å². The van der Waals surface area contributed by atoms with Gasteiger partial charge >= 0.3 is 5.97 Å². The second-order valence-corrected chi connectivity index (χ2v) is 3.89. The third-order valence-electron chi connectivity index (χ3n) is 2.65. The van der Waals surface area contributed by atoms with Crippen molar-refractivity contribution in [1.29, 1.82) is 0 Å². The maximum absolute atomic E-state index is 12.5. The monoisotopic (exact) mass is 261 g/mol. The summed E-state index contributed by atoms with van der Waals surface area (Å²) in [5.74, 6) is -1.59. The van der Waals surface area contributed by atoms with E-state index in [0.29, 0.717) is 12.0 Å². The zero-order valence-electron chi connectivity index (χ0n) is 17.5. The summed E-state index contributed by atoms with van der Waals surface area (Å²) in [6.45, 7) is -1.12. The number of hydrogen-bond acceptors (Lipinski definition) is 2. The van der Waals surface area contributed by atoms with Gasteiger partial charge in [0.25, 0.3) is 0 Å². The van der Waals surface area contributed by atoms with Crippen LogP contribution in [0.4, 0.5) is 0 Å². The summed E-state index contributed by atoms with van der Waals surface area (Å²) >= 11 is 0. The van der Waals surface area contributed by atoms with Crippen molar-refractivity contribution in [2.24, 2.45) is 0 Å². The molecule has 2 nitrogen and oxygen atoms in total. The van der Waals surface area contributed by atoms with Gasteiger partial charge in [0.05, 0.1) is 15.5 Å². The van der Waals surface area contributed by atoms with Crippen LogP contribution < -0.4 is 0 Å². The van der Waals surface area contributed by atoms with E-state index in [1.807, 2.05) is 0 Å². The maximum Gasteiger partial charge on any atom is 0.313 e. The molecule has 0 N–H and O–H groups in total. The van der Waals surface area contributed by atoms with Gasteiger partial charge in [0.15, 0.2) is 0 Å². The molecule has 98 valence electrons. The van der Waals surface area contributed by atoms with Crippen LogP contribution in [0, 0.1) is 0 Å². The Hall–Kier alpha value is -2.09. The van der Waals surface area contributed by atoms with Crippen molar-refractivity contribution in [3.05, 3.63) is 71.7 Å². The Balaban J connectivity index is 2.41. The first-order valence-corrected chi connectivity index (χ1v) is 5.97. The minimum absolute atomic E-state index is 0.361. The van der Waals surface area contributed by atoms with Crippen LogP contribution in [0.3, 0.4) is 0 Å². The Morgan fingerprint density at radius 2 is 1.95 bits per heavy atom. The lowest BCUT2D eigenvalue weighted by molar-refractivity contribution is -0.146. The molecule has 2 rings (SSSR count). The summed E-state index contributed by atoms with van der Waals surface area (Å²) in [6, 6.07) is 5.24. The molecular formula is C17H18O2. The van der Waals surface area contributed by atoms with E-state index in [-0.39, 0.29) is 0 Å². The molecule has 0 aromatic heterocycles. The van der Waals surface area contributed by atoms with E-state index in [2.05, 4.69) is 0 Å². The molecule has 2 aromatic carbocycles. The summed E-state index contributed by atoms with van der Waals surface area (Å²) < 4.78 is 59.6. The SMILES string of the molecule is [2H]c1c([2H])c([2H])c(C([2H])([2H])OC(=O)[C@@H](CC)c2ccccc2)c([2H])c1[2H]. The van der Waals surface area contributed by atoms with Gasteiger partial charge in [0.2, 0.25) is 0 Å². The van der Waals surface area contributed by atoms with Crippen molar-refractivity contribution in [2.75, 3.05) is 0 Å². The second kappa shape index (κ2) is 6.74. The van der Waals surface area contributed by atoms with Crippen molar-refractivity contribution in [3.63, 3.8) is 0 Å². The predicted octanol–water partition coefficient (Wildman–Crippen LogP) is 3.92. The van der Waals surface area contributed by atoms with Crippen LogP contribution in [0.5, 0.6) is 0 Å². The molecule has 19 heavy (non-hydrogen) atoms. The summed E-state index contributed by atoms with van der Waals surface area (Å²) in [7, 11) is 0. The number of esters is 1. The fourth-order valence-corrected chi connectivity index (χ4v) is 1.70. The molecule has 0 unspecified atom stereocenters. The molecule has 1 atom stereocenters. The van der Waals surface area contributed by atoms with E-state index in [0.717, 1.165) is 0 Å². The first kappa shape index (κ1) is 6.90. The molecule has 0 amide bonds. The molecule has 0 fully saturated rings. The number of benzene rings is 2. The number of rotatable bonds is 5. The van der Waals surface area contributed by atoms with Crippen molar-refractivity contribution in [3.8, 4) is 0 Å². The number of hydrogen-bond donors (Lipinski definition) is 0. The summed E-state index contributed by atoms with van der Waals surface area (Å²) in [6.07, 6.45) is 0.361. The standard InChI is InChI=1S/C17H18O2/c1-2-16(15-11-7-4-8-12-15)17(18)19-13-14-9-5-3-6-10-14/h3-12,16H,2,13H2,1H3/t16-/m0/s1/i3D,5D,6D,9D,10D,13D2. The van der Waals surface area contributed by atoms with E-state index < -0.39 is 54.2 Å². The summed E-state index contributed by atoms with van der Waals surface area (Å²) in [4.78, 5) is 12.5. The molecule has 0 aliphatic carbocycles. The predicted molar refractivity (Wildman–Crippen MR) is 75.7 cm³/mol. The molecular weight excluding hydrogens is 236 g/mol. The zero-order chi connectivity index (χ0) is 19.6. The van der Waals surface area contributed by atoms with Crippen LogP contribution >= 0.6 is 0 Å². The fourth-order valence-electron chi connectivity index (χ4n) is 1.70. The van der Waals surface area contributed by atoms with E-state index in [1.165, 1.54) is 0 Å². The van der Waals surface area contributed by atoms with Crippen LogP contribution in [0.1, 0.15) is 40.0 Å². The minimum Gasteiger partial charge on any atom is -0.460 e. The van der Waals surface area contributed by atoms with Crippen molar-refractivity contribution in [2.45, 2.75) is 25.8 Å². The molecule has 2 heteroatoms. The van der Waals surface area contributed by atoms with Gasteiger partial charge in [-0.2, -0.15) is 0 Å². The van der Waals surface area contributed by atoms with Crippen LogP contribution in [-0.2, 0) is 16.1 Å². The molecule has 0 bridgehead atoms. The molecule has 0 aliphatic rings. The Bertz CT molecular complexity index is 793. The van der Waals surface area contributed by atoms with Gasteiger partial charge in [-0.05, 0) is 17.5 Å². The van der Waals surface area contributed by atoms with Gasteiger partial charge < -0.3 is 4.74 Å². The second-order valence-electron chi connectivity index (χ2n) is 3.89. The van der Waals surface area contributed by atoms with Crippen LogP contribution in [-0.4, -0.2) is 5.97 Å². The first-order valence-electron chi connectivity index (χ1n) is 9.47. The molecule has 0 heterocycles. The normalized spacial score (nSPS) is 17.8. The maximum atomic E-state index is 12.5. The van der Waals surface area contributed by atoms with Gasteiger partial charge in [-0.3, -0.25) is 4.79 Å². The summed E-state index contributed by atoms with van der Waals surface area (Å²) in [5.41, 5.74) is -0.0448. The van der Waals surface area contributed by atoms with Gasteiger partial charge in [0, 0.05) is 0 Å².